The van der Waals surface area contributed by atoms with Gasteiger partial charge in [0.15, 0.2) is 0 Å². The quantitative estimate of drug-likeness (QED) is 0.805. The first-order valence-electron chi connectivity index (χ1n) is 7.62. The largest absolute Gasteiger partial charge is 0.352 e. The molecule has 4 amide bonds. The molecular weight excluding hydrogens is 282 g/mol. The van der Waals surface area contributed by atoms with E-state index in [4.69, 9.17) is 0 Å². The summed E-state index contributed by atoms with van der Waals surface area (Å²) in [6.07, 6.45) is 3.26. The van der Waals surface area contributed by atoms with Gasteiger partial charge in [0.25, 0.3) is 5.91 Å². The molecule has 1 aliphatic heterocycles. The normalized spacial score (nSPS) is 26.3. The van der Waals surface area contributed by atoms with Crippen LogP contribution < -0.4 is 10.6 Å². The van der Waals surface area contributed by atoms with Crippen molar-refractivity contribution in [2.45, 2.75) is 37.3 Å². The van der Waals surface area contributed by atoms with Crippen molar-refractivity contribution >= 4 is 17.8 Å². The van der Waals surface area contributed by atoms with E-state index >= 15 is 0 Å². The van der Waals surface area contributed by atoms with E-state index in [2.05, 4.69) is 10.6 Å². The molecule has 1 atom stereocenters. The van der Waals surface area contributed by atoms with Crippen molar-refractivity contribution in [1.82, 2.24) is 15.5 Å². The Hall–Kier alpha value is -2.37. The third-order valence-electron chi connectivity index (χ3n) is 4.67. The number of amides is 4. The summed E-state index contributed by atoms with van der Waals surface area (Å²) < 4.78 is 0. The van der Waals surface area contributed by atoms with Gasteiger partial charge in [-0.2, -0.15) is 0 Å². The zero-order chi connectivity index (χ0) is 15.3. The summed E-state index contributed by atoms with van der Waals surface area (Å²) in [5.41, 5.74) is 0.965. The minimum atomic E-state index is -0.979. The molecule has 0 aromatic heterocycles. The molecule has 1 saturated carbocycles. The second-order valence-electron chi connectivity index (χ2n) is 6.23. The summed E-state index contributed by atoms with van der Waals surface area (Å²) in [6, 6.07) is 7.40. The van der Waals surface area contributed by atoms with Crippen LogP contribution in [0.1, 0.15) is 30.4 Å². The Balaban J connectivity index is 1.58. The zero-order valence-corrected chi connectivity index (χ0v) is 12.1. The summed E-state index contributed by atoms with van der Waals surface area (Å²) >= 11 is 0. The van der Waals surface area contributed by atoms with Gasteiger partial charge in [0.2, 0.25) is 5.91 Å². The highest BCUT2D eigenvalue weighted by molar-refractivity contribution is 6.09. The Morgan fingerprint density at radius 3 is 2.86 bits per heavy atom. The summed E-state index contributed by atoms with van der Waals surface area (Å²) in [4.78, 5) is 38.0. The molecular formula is C16H17N3O3. The maximum absolute atomic E-state index is 12.8. The van der Waals surface area contributed by atoms with E-state index in [1.165, 1.54) is 0 Å². The maximum Gasteiger partial charge on any atom is 0.325 e. The molecule has 1 saturated heterocycles. The Labute approximate surface area is 127 Å². The number of rotatable bonds is 3. The van der Waals surface area contributed by atoms with Crippen molar-refractivity contribution in [3.8, 4) is 0 Å². The van der Waals surface area contributed by atoms with Gasteiger partial charge < -0.3 is 10.6 Å². The molecule has 1 aromatic rings. The molecule has 0 radical (unpaired) electrons. The van der Waals surface area contributed by atoms with E-state index < -0.39 is 11.6 Å². The van der Waals surface area contributed by atoms with E-state index in [9.17, 15) is 14.4 Å². The molecule has 1 spiro atoms. The SMILES string of the molecule is O=C(CN1C(=O)N[C@]2(CCc3ccccc32)C1=O)NC1CC1. The van der Waals surface area contributed by atoms with Crippen molar-refractivity contribution in [3.63, 3.8) is 0 Å². The fourth-order valence-corrected chi connectivity index (χ4v) is 3.38. The van der Waals surface area contributed by atoms with Crippen LogP contribution in [0.25, 0.3) is 0 Å². The highest BCUT2D eigenvalue weighted by Crippen LogP contribution is 2.41. The number of hydrogen-bond acceptors (Lipinski definition) is 3. The van der Waals surface area contributed by atoms with E-state index in [1.807, 2.05) is 24.3 Å². The molecule has 0 bridgehead atoms. The van der Waals surface area contributed by atoms with Gasteiger partial charge >= 0.3 is 6.03 Å². The number of carbonyl (C=O) groups excluding carboxylic acids is 3. The van der Waals surface area contributed by atoms with Gasteiger partial charge in [-0.05, 0) is 36.8 Å². The summed E-state index contributed by atoms with van der Waals surface area (Å²) in [7, 11) is 0. The van der Waals surface area contributed by atoms with Crippen LogP contribution in [-0.4, -0.2) is 35.3 Å². The zero-order valence-electron chi connectivity index (χ0n) is 12.1. The molecule has 3 aliphatic rings. The first kappa shape index (κ1) is 13.3. The monoisotopic (exact) mass is 299 g/mol. The topological polar surface area (TPSA) is 78.5 Å². The smallest absolute Gasteiger partial charge is 0.325 e. The summed E-state index contributed by atoms with van der Waals surface area (Å²) in [6.45, 7) is -0.203. The number of aryl methyl sites for hydroxylation is 1. The van der Waals surface area contributed by atoms with Gasteiger partial charge in [-0.1, -0.05) is 24.3 Å². The first-order chi connectivity index (χ1) is 10.6. The van der Waals surface area contributed by atoms with Crippen molar-refractivity contribution in [3.05, 3.63) is 35.4 Å². The Morgan fingerprint density at radius 1 is 1.32 bits per heavy atom. The lowest BCUT2D eigenvalue weighted by atomic mass is 9.92. The molecule has 22 heavy (non-hydrogen) atoms. The second kappa shape index (κ2) is 4.56. The standard InChI is InChI=1S/C16H17N3O3/c20-13(17-11-5-6-11)9-19-14(21)16(18-15(19)22)8-7-10-3-1-2-4-12(10)16/h1-4,11H,5-9H2,(H,17,20)(H,18,22)/t16-/m0/s1. The minimum absolute atomic E-state index is 0.203. The number of carbonyl (C=O) groups is 3. The number of benzene rings is 1. The number of imide groups is 1. The van der Waals surface area contributed by atoms with Crippen molar-refractivity contribution in [1.29, 1.82) is 0 Å². The van der Waals surface area contributed by atoms with Crippen LogP contribution in [0.5, 0.6) is 0 Å². The van der Waals surface area contributed by atoms with Gasteiger partial charge in [-0.3, -0.25) is 14.5 Å². The minimum Gasteiger partial charge on any atom is -0.352 e. The predicted molar refractivity (Wildman–Crippen MR) is 77.9 cm³/mol. The number of nitrogens with zero attached hydrogens (tertiary/aromatic N) is 1. The van der Waals surface area contributed by atoms with Crippen molar-refractivity contribution < 1.29 is 14.4 Å². The molecule has 1 heterocycles. The molecule has 2 fully saturated rings. The highest BCUT2D eigenvalue weighted by Gasteiger charge is 2.55. The third kappa shape index (κ3) is 1.90. The molecule has 0 unspecified atom stereocenters. The molecule has 4 rings (SSSR count). The fourth-order valence-electron chi connectivity index (χ4n) is 3.38. The lowest BCUT2D eigenvalue weighted by molar-refractivity contribution is -0.135. The Bertz CT molecular complexity index is 683. The molecule has 114 valence electrons. The molecule has 1 aromatic carbocycles. The maximum atomic E-state index is 12.8. The van der Waals surface area contributed by atoms with E-state index in [0.717, 1.165) is 35.3 Å². The van der Waals surface area contributed by atoms with Gasteiger partial charge in [-0.15, -0.1) is 0 Å². The van der Waals surface area contributed by atoms with Crippen molar-refractivity contribution in [2.75, 3.05) is 6.54 Å². The van der Waals surface area contributed by atoms with Gasteiger partial charge in [0.05, 0.1) is 0 Å². The predicted octanol–water partition coefficient (Wildman–Crippen LogP) is 0.658. The number of urea groups is 1. The first-order valence-corrected chi connectivity index (χ1v) is 7.62. The van der Waals surface area contributed by atoms with Crippen LogP contribution in [0.2, 0.25) is 0 Å². The van der Waals surface area contributed by atoms with Crippen LogP contribution in [0.3, 0.4) is 0 Å². The number of nitrogens with one attached hydrogen (secondary N) is 2. The van der Waals surface area contributed by atoms with E-state index in [1.54, 1.807) is 0 Å². The van der Waals surface area contributed by atoms with Crippen molar-refractivity contribution in [2.24, 2.45) is 0 Å². The molecule has 6 nitrogen and oxygen atoms in total. The lowest BCUT2D eigenvalue weighted by Crippen LogP contribution is -2.44. The summed E-state index contributed by atoms with van der Waals surface area (Å²) in [5.74, 6) is -0.581. The highest BCUT2D eigenvalue weighted by atomic mass is 16.2. The van der Waals surface area contributed by atoms with E-state index in [0.29, 0.717) is 6.42 Å². The second-order valence-corrected chi connectivity index (χ2v) is 6.23. The average molecular weight is 299 g/mol. The summed E-state index contributed by atoms with van der Waals surface area (Å²) in [5, 5.41) is 5.62. The van der Waals surface area contributed by atoms with Crippen LogP contribution >= 0.6 is 0 Å². The molecule has 2 aliphatic carbocycles. The van der Waals surface area contributed by atoms with Crippen LogP contribution in [0.15, 0.2) is 24.3 Å². The lowest BCUT2D eigenvalue weighted by Gasteiger charge is -2.22. The average Bonchev–Trinajstić information content (AvgIpc) is 3.19. The fraction of sp³-hybridized carbons (Fsp3) is 0.438. The molecule has 6 heteroatoms. The van der Waals surface area contributed by atoms with Crippen LogP contribution in [0, 0.1) is 0 Å². The van der Waals surface area contributed by atoms with Crippen LogP contribution in [0.4, 0.5) is 4.79 Å². The van der Waals surface area contributed by atoms with E-state index in [-0.39, 0.29) is 24.4 Å². The Morgan fingerprint density at radius 2 is 2.09 bits per heavy atom. The number of hydrogen-bond donors (Lipinski definition) is 2. The Kier molecular flexibility index (Phi) is 2.76. The van der Waals surface area contributed by atoms with Gasteiger partial charge in [0, 0.05) is 6.04 Å². The van der Waals surface area contributed by atoms with Crippen LogP contribution in [-0.2, 0) is 21.5 Å². The third-order valence-corrected chi connectivity index (χ3v) is 4.67. The van der Waals surface area contributed by atoms with Gasteiger partial charge in [0.1, 0.15) is 12.1 Å². The number of fused-ring (bicyclic) bond motifs is 2. The molecule has 2 N–H and O–H groups in total. The van der Waals surface area contributed by atoms with Gasteiger partial charge in [-0.25, -0.2) is 4.79 Å².